The zero-order valence-corrected chi connectivity index (χ0v) is 23.6. The van der Waals surface area contributed by atoms with Crippen LogP contribution < -0.4 is 19.5 Å². The standard InChI is InChI=1S/C31H34N4O5/c1-20(2)34(31(37)26-17-16-25(39-5)18-27(26)40-6)19-28(36)32-30-29(22-10-8-7-9-11-22)21(3)33-35(30)23-12-14-24(38-4)15-13-23/h7-18,20H,19H2,1-6H3,(H,32,36). The molecule has 0 aliphatic carbocycles. The number of benzene rings is 3. The summed E-state index contributed by atoms with van der Waals surface area (Å²) in [5.74, 6) is 1.47. The Bertz CT molecular complexity index is 1480. The van der Waals surface area contributed by atoms with E-state index in [-0.39, 0.29) is 24.4 Å². The summed E-state index contributed by atoms with van der Waals surface area (Å²) in [5, 5.41) is 7.80. The predicted octanol–water partition coefficient (Wildman–Crippen LogP) is 5.36. The number of carbonyl (C=O) groups is 2. The molecule has 40 heavy (non-hydrogen) atoms. The Balaban J connectivity index is 1.69. The van der Waals surface area contributed by atoms with E-state index in [0.29, 0.717) is 28.6 Å². The Morgan fingerprint density at radius 2 is 1.55 bits per heavy atom. The summed E-state index contributed by atoms with van der Waals surface area (Å²) in [4.78, 5) is 28.7. The van der Waals surface area contributed by atoms with Crippen molar-refractivity contribution in [1.29, 1.82) is 0 Å². The van der Waals surface area contributed by atoms with Crippen molar-refractivity contribution < 1.29 is 23.8 Å². The van der Waals surface area contributed by atoms with Crippen molar-refractivity contribution in [2.24, 2.45) is 0 Å². The van der Waals surface area contributed by atoms with Crippen molar-refractivity contribution in [3.63, 3.8) is 0 Å². The largest absolute Gasteiger partial charge is 0.497 e. The molecule has 1 heterocycles. The first-order chi connectivity index (χ1) is 19.3. The van der Waals surface area contributed by atoms with Gasteiger partial charge in [0.1, 0.15) is 29.6 Å². The number of aromatic nitrogens is 2. The van der Waals surface area contributed by atoms with Crippen molar-refractivity contribution in [2.45, 2.75) is 26.8 Å². The molecule has 0 atom stereocenters. The second kappa shape index (κ2) is 12.4. The number of aryl methyl sites for hydroxylation is 1. The van der Waals surface area contributed by atoms with Crippen molar-refractivity contribution in [3.8, 4) is 34.1 Å². The van der Waals surface area contributed by atoms with Crippen LogP contribution in [0.3, 0.4) is 0 Å². The van der Waals surface area contributed by atoms with Gasteiger partial charge in [0.2, 0.25) is 5.91 Å². The highest BCUT2D eigenvalue weighted by Gasteiger charge is 2.26. The van der Waals surface area contributed by atoms with E-state index in [1.165, 1.54) is 12.0 Å². The van der Waals surface area contributed by atoms with E-state index in [2.05, 4.69) is 5.32 Å². The van der Waals surface area contributed by atoms with Gasteiger partial charge >= 0.3 is 0 Å². The van der Waals surface area contributed by atoms with Gasteiger partial charge in [0.25, 0.3) is 5.91 Å². The Kier molecular flexibility index (Phi) is 8.73. The molecular formula is C31H34N4O5. The van der Waals surface area contributed by atoms with Crippen LogP contribution in [0.5, 0.6) is 17.2 Å². The topological polar surface area (TPSA) is 94.9 Å². The van der Waals surface area contributed by atoms with Gasteiger partial charge in [-0.15, -0.1) is 0 Å². The number of carbonyl (C=O) groups excluding carboxylic acids is 2. The van der Waals surface area contributed by atoms with Gasteiger partial charge in [-0.3, -0.25) is 9.59 Å². The average molecular weight is 543 g/mol. The van der Waals surface area contributed by atoms with E-state index >= 15 is 0 Å². The minimum absolute atomic E-state index is 0.174. The fourth-order valence-electron chi connectivity index (χ4n) is 4.45. The molecule has 0 aliphatic rings. The van der Waals surface area contributed by atoms with Crippen LogP contribution >= 0.6 is 0 Å². The van der Waals surface area contributed by atoms with Gasteiger partial charge in [0, 0.05) is 17.7 Å². The van der Waals surface area contributed by atoms with Crippen molar-refractivity contribution in [2.75, 3.05) is 33.2 Å². The molecule has 0 fully saturated rings. The first-order valence-corrected chi connectivity index (χ1v) is 12.9. The summed E-state index contributed by atoms with van der Waals surface area (Å²) in [6.45, 7) is 5.45. The monoisotopic (exact) mass is 542 g/mol. The van der Waals surface area contributed by atoms with Crippen LogP contribution in [0.4, 0.5) is 5.82 Å². The lowest BCUT2D eigenvalue weighted by Gasteiger charge is -2.27. The number of anilines is 1. The molecule has 0 saturated heterocycles. The predicted molar refractivity (Wildman–Crippen MR) is 155 cm³/mol. The lowest BCUT2D eigenvalue weighted by Crippen LogP contribution is -2.42. The van der Waals surface area contributed by atoms with E-state index in [1.54, 1.807) is 37.1 Å². The van der Waals surface area contributed by atoms with Crippen molar-refractivity contribution in [3.05, 3.63) is 84.1 Å². The molecule has 9 heteroatoms. The molecule has 0 spiro atoms. The fraction of sp³-hybridized carbons (Fsp3) is 0.258. The number of hydrogen-bond acceptors (Lipinski definition) is 6. The van der Waals surface area contributed by atoms with Crippen LogP contribution in [0.2, 0.25) is 0 Å². The van der Waals surface area contributed by atoms with Crippen molar-refractivity contribution in [1.82, 2.24) is 14.7 Å². The van der Waals surface area contributed by atoms with E-state index in [1.807, 2.05) is 75.4 Å². The Labute approximate surface area is 234 Å². The molecule has 4 rings (SSSR count). The van der Waals surface area contributed by atoms with Gasteiger partial charge in [0.15, 0.2) is 0 Å². The smallest absolute Gasteiger partial charge is 0.258 e. The van der Waals surface area contributed by atoms with Gasteiger partial charge in [0.05, 0.1) is 38.3 Å². The zero-order chi connectivity index (χ0) is 28.8. The maximum atomic E-state index is 13.6. The van der Waals surface area contributed by atoms with E-state index < -0.39 is 0 Å². The third kappa shape index (κ3) is 5.93. The van der Waals surface area contributed by atoms with Gasteiger partial charge in [-0.2, -0.15) is 5.10 Å². The molecule has 3 aromatic carbocycles. The van der Waals surface area contributed by atoms with Crippen LogP contribution in [0, 0.1) is 6.92 Å². The minimum atomic E-state index is -0.360. The second-order valence-electron chi connectivity index (χ2n) is 9.43. The molecule has 0 radical (unpaired) electrons. The number of nitrogens with one attached hydrogen (secondary N) is 1. The lowest BCUT2D eigenvalue weighted by molar-refractivity contribution is -0.117. The third-order valence-electron chi connectivity index (χ3n) is 6.53. The molecule has 1 aromatic heterocycles. The second-order valence-corrected chi connectivity index (χ2v) is 9.43. The molecule has 9 nitrogen and oxygen atoms in total. The first kappa shape index (κ1) is 28.2. The van der Waals surface area contributed by atoms with Crippen LogP contribution in [0.15, 0.2) is 72.8 Å². The van der Waals surface area contributed by atoms with Crippen LogP contribution in [0.1, 0.15) is 29.9 Å². The molecule has 0 unspecified atom stereocenters. The molecule has 0 saturated carbocycles. The lowest BCUT2D eigenvalue weighted by atomic mass is 10.1. The Morgan fingerprint density at radius 1 is 0.900 bits per heavy atom. The zero-order valence-electron chi connectivity index (χ0n) is 23.6. The van der Waals surface area contributed by atoms with Crippen LogP contribution in [-0.2, 0) is 4.79 Å². The maximum absolute atomic E-state index is 13.6. The van der Waals surface area contributed by atoms with Crippen LogP contribution in [-0.4, -0.2) is 60.4 Å². The van der Waals surface area contributed by atoms with E-state index in [4.69, 9.17) is 19.3 Å². The van der Waals surface area contributed by atoms with Crippen molar-refractivity contribution >= 4 is 17.6 Å². The Hall–Kier alpha value is -4.79. The normalized spacial score (nSPS) is 10.8. The number of rotatable bonds is 10. The average Bonchev–Trinajstić information content (AvgIpc) is 3.30. The van der Waals surface area contributed by atoms with E-state index in [0.717, 1.165) is 22.5 Å². The highest BCUT2D eigenvalue weighted by molar-refractivity contribution is 6.02. The highest BCUT2D eigenvalue weighted by atomic mass is 16.5. The minimum Gasteiger partial charge on any atom is -0.497 e. The van der Waals surface area contributed by atoms with Crippen LogP contribution in [0.25, 0.3) is 16.8 Å². The summed E-state index contributed by atoms with van der Waals surface area (Å²) < 4.78 is 17.7. The molecule has 0 aliphatic heterocycles. The summed E-state index contributed by atoms with van der Waals surface area (Å²) >= 11 is 0. The molecule has 1 N–H and O–H groups in total. The summed E-state index contributed by atoms with van der Waals surface area (Å²) in [6.07, 6.45) is 0. The molecule has 4 aromatic rings. The number of methoxy groups -OCH3 is 3. The van der Waals surface area contributed by atoms with Gasteiger partial charge in [-0.25, -0.2) is 4.68 Å². The SMILES string of the molecule is COc1ccc(-n2nc(C)c(-c3ccccc3)c2NC(=O)CN(C(=O)c2ccc(OC)cc2OC)C(C)C)cc1. The molecular weight excluding hydrogens is 508 g/mol. The van der Waals surface area contributed by atoms with Gasteiger partial charge in [-0.05, 0) is 62.7 Å². The number of amides is 2. The van der Waals surface area contributed by atoms with Gasteiger partial charge in [-0.1, -0.05) is 30.3 Å². The molecule has 0 bridgehead atoms. The van der Waals surface area contributed by atoms with Gasteiger partial charge < -0.3 is 24.4 Å². The third-order valence-corrected chi connectivity index (χ3v) is 6.53. The number of nitrogens with zero attached hydrogens (tertiary/aromatic N) is 3. The highest BCUT2D eigenvalue weighted by Crippen LogP contribution is 2.34. The Morgan fingerprint density at radius 3 is 2.15 bits per heavy atom. The fourth-order valence-corrected chi connectivity index (χ4v) is 4.45. The first-order valence-electron chi connectivity index (χ1n) is 12.9. The molecule has 2 amide bonds. The van der Waals surface area contributed by atoms with E-state index in [9.17, 15) is 9.59 Å². The number of ether oxygens (including phenoxy) is 3. The summed E-state index contributed by atoms with van der Waals surface area (Å²) in [5.41, 5.74) is 3.55. The quantitative estimate of drug-likeness (QED) is 0.290. The summed E-state index contributed by atoms with van der Waals surface area (Å²) in [7, 11) is 4.64. The summed E-state index contributed by atoms with van der Waals surface area (Å²) in [6, 6.07) is 21.9. The maximum Gasteiger partial charge on any atom is 0.258 e. The number of hydrogen-bond donors (Lipinski definition) is 1. The molecule has 208 valence electrons.